The number of aromatic nitrogens is 1. The maximum atomic E-state index is 11.1. The van der Waals surface area contributed by atoms with E-state index in [1.165, 1.54) is 0 Å². The summed E-state index contributed by atoms with van der Waals surface area (Å²) >= 11 is 0. The van der Waals surface area contributed by atoms with Gasteiger partial charge in [-0.25, -0.2) is 4.79 Å². The highest BCUT2D eigenvalue weighted by molar-refractivity contribution is 6.03. The largest absolute Gasteiger partial charge is 0.478 e. The van der Waals surface area contributed by atoms with E-state index in [0.717, 1.165) is 24.0 Å². The van der Waals surface area contributed by atoms with Gasteiger partial charge in [-0.05, 0) is 20.2 Å². The Bertz CT molecular complexity index is 543. The standard InChI is InChI=1S/C13H16N2O2/c1-14(2)7-8-15-9-11(13(16)17)10-5-3-4-6-12(10)15/h3-6,9H,7-8H2,1-2H3,(H,16,17). The number of fused-ring (bicyclic) bond motifs is 1. The van der Waals surface area contributed by atoms with Gasteiger partial charge in [0.1, 0.15) is 0 Å². The Kier molecular flexibility index (Phi) is 3.15. The number of nitrogens with zero attached hydrogens (tertiary/aromatic N) is 2. The van der Waals surface area contributed by atoms with E-state index in [1.807, 2.05) is 42.9 Å². The monoisotopic (exact) mass is 232 g/mol. The summed E-state index contributed by atoms with van der Waals surface area (Å²) in [6, 6.07) is 7.60. The highest BCUT2D eigenvalue weighted by atomic mass is 16.4. The number of para-hydroxylation sites is 1. The van der Waals surface area contributed by atoms with Gasteiger partial charge in [0, 0.05) is 30.2 Å². The second kappa shape index (κ2) is 4.59. The lowest BCUT2D eigenvalue weighted by molar-refractivity contribution is 0.0699. The summed E-state index contributed by atoms with van der Waals surface area (Å²) in [5.41, 5.74) is 1.35. The molecule has 0 saturated heterocycles. The molecule has 1 heterocycles. The summed E-state index contributed by atoms with van der Waals surface area (Å²) in [6.07, 6.45) is 1.72. The van der Waals surface area contributed by atoms with Crippen molar-refractivity contribution in [2.45, 2.75) is 6.54 Å². The molecule has 0 radical (unpaired) electrons. The third-order valence-electron chi connectivity index (χ3n) is 2.81. The highest BCUT2D eigenvalue weighted by Gasteiger charge is 2.13. The van der Waals surface area contributed by atoms with Crippen molar-refractivity contribution in [1.29, 1.82) is 0 Å². The summed E-state index contributed by atoms with van der Waals surface area (Å²) in [6.45, 7) is 1.68. The average Bonchev–Trinajstić information content (AvgIpc) is 2.65. The Hall–Kier alpha value is -1.81. The number of carboxylic acid groups (broad SMARTS) is 1. The van der Waals surface area contributed by atoms with Crippen molar-refractivity contribution >= 4 is 16.9 Å². The lowest BCUT2D eigenvalue weighted by atomic mass is 10.2. The van der Waals surface area contributed by atoms with Gasteiger partial charge in [-0.1, -0.05) is 18.2 Å². The first-order chi connectivity index (χ1) is 8.09. The molecule has 0 aliphatic carbocycles. The normalized spacial score (nSPS) is 11.2. The van der Waals surface area contributed by atoms with E-state index in [0.29, 0.717) is 5.56 Å². The maximum absolute atomic E-state index is 11.1. The molecule has 0 spiro atoms. The molecule has 4 heteroatoms. The van der Waals surface area contributed by atoms with Crippen molar-refractivity contribution in [3.63, 3.8) is 0 Å². The third kappa shape index (κ3) is 2.31. The number of benzene rings is 1. The number of likely N-dealkylation sites (N-methyl/N-ethyl adjacent to an activating group) is 1. The van der Waals surface area contributed by atoms with Gasteiger partial charge in [0.15, 0.2) is 0 Å². The van der Waals surface area contributed by atoms with Gasteiger partial charge in [-0.2, -0.15) is 0 Å². The minimum absolute atomic E-state index is 0.374. The van der Waals surface area contributed by atoms with Gasteiger partial charge in [-0.15, -0.1) is 0 Å². The fourth-order valence-corrected chi connectivity index (χ4v) is 1.91. The minimum atomic E-state index is -0.871. The van der Waals surface area contributed by atoms with Crippen molar-refractivity contribution < 1.29 is 9.90 Å². The molecule has 0 amide bonds. The van der Waals surface area contributed by atoms with Gasteiger partial charge in [0.2, 0.25) is 0 Å². The number of carbonyl (C=O) groups is 1. The van der Waals surface area contributed by atoms with Crippen molar-refractivity contribution in [2.75, 3.05) is 20.6 Å². The van der Waals surface area contributed by atoms with Gasteiger partial charge in [-0.3, -0.25) is 0 Å². The zero-order valence-corrected chi connectivity index (χ0v) is 10.1. The van der Waals surface area contributed by atoms with Gasteiger partial charge >= 0.3 is 5.97 Å². The van der Waals surface area contributed by atoms with Crippen LogP contribution in [0.1, 0.15) is 10.4 Å². The number of carboxylic acids is 1. The van der Waals surface area contributed by atoms with Crippen molar-refractivity contribution in [2.24, 2.45) is 0 Å². The second-order valence-corrected chi connectivity index (χ2v) is 4.36. The molecule has 1 aromatic carbocycles. The molecule has 1 N–H and O–H groups in total. The molecule has 0 bridgehead atoms. The highest BCUT2D eigenvalue weighted by Crippen LogP contribution is 2.21. The topological polar surface area (TPSA) is 45.5 Å². The van der Waals surface area contributed by atoms with Crippen LogP contribution in [0.3, 0.4) is 0 Å². The lowest BCUT2D eigenvalue weighted by Crippen LogP contribution is -2.17. The van der Waals surface area contributed by atoms with Crippen LogP contribution >= 0.6 is 0 Å². The van der Waals surface area contributed by atoms with E-state index in [2.05, 4.69) is 4.90 Å². The van der Waals surface area contributed by atoms with E-state index >= 15 is 0 Å². The van der Waals surface area contributed by atoms with Crippen LogP contribution in [0, 0.1) is 0 Å². The molecule has 2 rings (SSSR count). The molecule has 4 nitrogen and oxygen atoms in total. The molecule has 0 unspecified atom stereocenters. The van der Waals surface area contributed by atoms with Gasteiger partial charge in [0.25, 0.3) is 0 Å². The number of rotatable bonds is 4. The zero-order chi connectivity index (χ0) is 12.4. The molecule has 0 fully saturated rings. The summed E-state index contributed by atoms with van der Waals surface area (Å²) in [5, 5.41) is 9.95. The fourth-order valence-electron chi connectivity index (χ4n) is 1.91. The Labute approximate surface area is 100 Å². The van der Waals surface area contributed by atoms with Crippen LogP contribution in [-0.2, 0) is 6.54 Å². The molecular weight excluding hydrogens is 216 g/mol. The first kappa shape index (κ1) is 11.7. The molecule has 90 valence electrons. The summed E-state index contributed by atoms with van der Waals surface area (Å²) in [5.74, 6) is -0.871. The third-order valence-corrected chi connectivity index (χ3v) is 2.81. The predicted octanol–water partition coefficient (Wildman–Crippen LogP) is 1.90. The molecule has 0 atom stereocenters. The van der Waals surface area contributed by atoms with Crippen LogP contribution in [-0.4, -0.2) is 41.2 Å². The molecule has 2 aromatic rings. The van der Waals surface area contributed by atoms with E-state index in [9.17, 15) is 4.79 Å². The van der Waals surface area contributed by atoms with Crippen LogP contribution < -0.4 is 0 Å². The van der Waals surface area contributed by atoms with Crippen LogP contribution in [0.5, 0.6) is 0 Å². The van der Waals surface area contributed by atoms with E-state index < -0.39 is 5.97 Å². The Morgan fingerprint density at radius 1 is 1.35 bits per heavy atom. The van der Waals surface area contributed by atoms with E-state index in [-0.39, 0.29) is 0 Å². The van der Waals surface area contributed by atoms with Crippen LogP contribution in [0.15, 0.2) is 30.5 Å². The summed E-state index contributed by atoms with van der Waals surface area (Å²) < 4.78 is 2.00. The number of hydrogen-bond acceptors (Lipinski definition) is 2. The van der Waals surface area contributed by atoms with E-state index in [1.54, 1.807) is 6.20 Å². The quantitative estimate of drug-likeness (QED) is 0.875. The van der Waals surface area contributed by atoms with Crippen molar-refractivity contribution in [3.8, 4) is 0 Å². The molecule has 0 aliphatic heterocycles. The smallest absolute Gasteiger partial charge is 0.337 e. The summed E-state index contributed by atoms with van der Waals surface area (Å²) in [4.78, 5) is 13.2. The molecule has 17 heavy (non-hydrogen) atoms. The molecular formula is C13H16N2O2. The van der Waals surface area contributed by atoms with Crippen molar-refractivity contribution in [3.05, 3.63) is 36.0 Å². The van der Waals surface area contributed by atoms with Gasteiger partial charge in [0.05, 0.1) is 5.56 Å². The van der Waals surface area contributed by atoms with Gasteiger partial charge < -0.3 is 14.6 Å². The Balaban J connectivity index is 2.45. The van der Waals surface area contributed by atoms with Crippen LogP contribution in [0.25, 0.3) is 10.9 Å². The molecule has 0 aliphatic rings. The van der Waals surface area contributed by atoms with Crippen molar-refractivity contribution in [1.82, 2.24) is 9.47 Å². The SMILES string of the molecule is CN(C)CCn1cc(C(=O)O)c2ccccc21. The predicted molar refractivity (Wildman–Crippen MR) is 67.5 cm³/mol. The number of aromatic carboxylic acids is 1. The van der Waals surface area contributed by atoms with E-state index in [4.69, 9.17) is 5.11 Å². The summed E-state index contributed by atoms with van der Waals surface area (Å²) in [7, 11) is 4.01. The number of hydrogen-bond donors (Lipinski definition) is 1. The van der Waals surface area contributed by atoms with Crippen LogP contribution in [0.2, 0.25) is 0 Å². The first-order valence-electron chi connectivity index (χ1n) is 5.55. The Morgan fingerprint density at radius 3 is 2.71 bits per heavy atom. The first-order valence-corrected chi connectivity index (χ1v) is 5.55. The zero-order valence-electron chi connectivity index (χ0n) is 10.1. The molecule has 1 aromatic heterocycles. The maximum Gasteiger partial charge on any atom is 0.337 e. The average molecular weight is 232 g/mol. The second-order valence-electron chi connectivity index (χ2n) is 4.36. The lowest BCUT2D eigenvalue weighted by Gasteiger charge is -2.10. The molecule has 0 saturated carbocycles. The Morgan fingerprint density at radius 2 is 2.06 bits per heavy atom. The minimum Gasteiger partial charge on any atom is -0.478 e. The fraction of sp³-hybridized carbons (Fsp3) is 0.308. The van der Waals surface area contributed by atoms with Crippen LogP contribution in [0.4, 0.5) is 0 Å².